The number of aromatic nitrogens is 2. The van der Waals surface area contributed by atoms with E-state index in [0.29, 0.717) is 35.5 Å². The van der Waals surface area contributed by atoms with Crippen LogP contribution < -0.4 is 14.2 Å². The van der Waals surface area contributed by atoms with Gasteiger partial charge in [-0.05, 0) is 0 Å². The fourth-order valence-corrected chi connectivity index (χ4v) is 1.55. The molecule has 7 nitrogen and oxygen atoms in total. The molecule has 0 atom stereocenters. The molecule has 20 heavy (non-hydrogen) atoms. The zero-order valence-corrected chi connectivity index (χ0v) is 11.3. The monoisotopic (exact) mass is 280 g/mol. The molecule has 0 bridgehead atoms. The van der Waals surface area contributed by atoms with Crippen molar-refractivity contribution in [2.24, 2.45) is 0 Å². The Bertz CT molecular complexity index is 533. The van der Waals surface area contributed by atoms with Gasteiger partial charge in [-0.15, -0.1) is 10.2 Å². The van der Waals surface area contributed by atoms with Gasteiger partial charge in [0.25, 0.3) is 5.89 Å². The molecule has 7 heteroatoms. The van der Waals surface area contributed by atoms with Crippen LogP contribution in [0.1, 0.15) is 11.8 Å². The number of hydrogen-bond acceptors (Lipinski definition) is 7. The highest BCUT2D eigenvalue weighted by Crippen LogP contribution is 2.27. The first-order chi connectivity index (χ1) is 9.75. The normalized spacial score (nSPS) is 10.3. The molecule has 2 aromatic rings. The van der Waals surface area contributed by atoms with Crippen molar-refractivity contribution in [2.75, 3.05) is 20.8 Å². The number of aliphatic hydroxyl groups excluding tert-OH is 1. The van der Waals surface area contributed by atoms with Gasteiger partial charge in [0.2, 0.25) is 5.89 Å². The van der Waals surface area contributed by atoms with E-state index < -0.39 is 0 Å². The Kier molecular flexibility index (Phi) is 4.78. The maximum absolute atomic E-state index is 8.77. The van der Waals surface area contributed by atoms with Crippen molar-refractivity contribution in [1.82, 2.24) is 10.2 Å². The molecular weight excluding hydrogens is 264 g/mol. The van der Waals surface area contributed by atoms with Crippen LogP contribution in [0.4, 0.5) is 0 Å². The number of methoxy groups -OCH3 is 2. The minimum atomic E-state index is -0.0322. The number of aliphatic hydroxyl groups is 1. The Balaban J connectivity index is 2.02. The highest BCUT2D eigenvalue weighted by molar-refractivity contribution is 5.41. The fraction of sp³-hybridized carbons (Fsp3) is 0.385. The van der Waals surface area contributed by atoms with Gasteiger partial charge in [0.05, 0.1) is 20.8 Å². The second-order valence-electron chi connectivity index (χ2n) is 3.90. The Morgan fingerprint density at radius 1 is 1.00 bits per heavy atom. The standard InChI is InChI=1S/C13H16N2O5/c1-17-9-5-10(18-2)7-11(6-9)19-8-13-15-14-12(20-13)3-4-16/h5-7,16H,3-4,8H2,1-2H3. The Labute approximate surface area is 116 Å². The molecule has 1 heterocycles. The van der Waals surface area contributed by atoms with Gasteiger partial charge in [-0.25, -0.2) is 0 Å². The number of rotatable bonds is 7. The van der Waals surface area contributed by atoms with Crippen molar-refractivity contribution in [2.45, 2.75) is 13.0 Å². The molecule has 0 fully saturated rings. The summed E-state index contributed by atoms with van der Waals surface area (Å²) in [5.74, 6) is 2.56. The molecule has 0 aliphatic rings. The molecule has 1 aromatic carbocycles. The maximum Gasteiger partial charge on any atom is 0.253 e. The van der Waals surface area contributed by atoms with Crippen molar-refractivity contribution < 1.29 is 23.7 Å². The van der Waals surface area contributed by atoms with Gasteiger partial charge < -0.3 is 23.7 Å². The lowest BCUT2D eigenvalue weighted by atomic mass is 10.3. The van der Waals surface area contributed by atoms with Crippen molar-refractivity contribution in [1.29, 1.82) is 0 Å². The first-order valence-electron chi connectivity index (χ1n) is 6.03. The first-order valence-corrected chi connectivity index (χ1v) is 6.03. The number of benzene rings is 1. The highest BCUT2D eigenvalue weighted by atomic mass is 16.5. The van der Waals surface area contributed by atoms with Crippen LogP contribution in [-0.2, 0) is 13.0 Å². The third kappa shape index (κ3) is 3.61. The van der Waals surface area contributed by atoms with E-state index in [1.807, 2.05) is 0 Å². The molecule has 0 saturated heterocycles. The molecule has 0 radical (unpaired) electrons. The van der Waals surface area contributed by atoms with Crippen LogP contribution in [0.2, 0.25) is 0 Å². The summed E-state index contributed by atoms with van der Waals surface area (Å²) in [6.07, 6.45) is 0.333. The van der Waals surface area contributed by atoms with Gasteiger partial charge in [0.15, 0.2) is 6.61 Å². The third-order valence-electron chi connectivity index (χ3n) is 2.52. The van der Waals surface area contributed by atoms with Gasteiger partial charge in [-0.3, -0.25) is 0 Å². The fourth-order valence-electron chi connectivity index (χ4n) is 1.55. The lowest BCUT2D eigenvalue weighted by molar-refractivity contribution is 0.248. The zero-order valence-electron chi connectivity index (χ0n) is 11.3. The van der Waals surface area contributed by atoms with Crippen LogP contribution in [0.3, 0.4) is 0 Å². The summed E-state index contributed by atoms with van der Waals surface area (Å²) in [7, 11) is 3.13. The van der Waals surface area contributed by atoms with Crippen molar-refractivity contribution in [3.63, 3.8) is 0 Å². The van der Waals surface area contributed by atoms with E-state index in [-0.39, 0.29) is 13.2 Å². The van der Waals surface area contributed by atoms with E-state index >= 15 is 0 Å². The van der Waals surface area contributed by atoms with Crippen LogP contribution in [0.5, 0.6) is 17.2 Å². The molecule has 0 amide bonds. The van der Waals surface area contributed by atoms with Crippen molar-refractivity contribution >= 4 is 0 Å². The maximum atomic E-state index is 8.77. The average molecular weight is 280 g/mol. The SMILES string of the molecule is COc1cc(OC)cc(OCc2nnc(CCO)o2)c1. The molecule has 0 saturated carbocycles. The van der Waals surface area contributed by atoms with Crippen molar-refractivity contribution in [3.05, 3.63) is 30.0 Å². The number of ether oxygens (including phenoxy) is 3. The molecule has 0 aliphatic carbocycles. The van der Waals surface area contributed by atoms with Gasteiger partial charge in [-0.2, -0.15) is 0 Å². The summed E-state index contributed by atoms with van der Waals surface area (Å²) < 4.78 is 21.1. The molecule has 0 unspecified atom stereocenters. The van der Waals surface area contributed by atoms with E-state index in [2.05, 4.69) is 10.2 Å². The topological polar surface area (TPSA) is 86.8 Å². The third-order valence-corrected chi connectivity index (χ3v) is 2.52. The summed E-state index contributed by atoms with van der Waals surface area (Å²) in [5, 5.41) is 16.4. The van der Waals surface area contributed by atoms with Gasteiger partial charge >= 0.3 is 0 Å². The van der Waals surface area contributed by atoms with Crippen LogP contribution in [0.25, 0.3) is 0 Å². The Morgan fingerprint density at radius 2 is 1.60 bits per heavy atom. The number of nitrogens with zero attached hydrogens (tertiary/aromatic N) is 2. The smallest absolute Gasteiger partial charge is 0.253 e. The molecule has 108 valence electrons. The van der Waals surface area contributed by atoms with E-state index in [1.165, 1.54) is 0 Å². The summed E-state index contributed by atoms with van der Waals surface area (Å²) in [4.78, 5) is 0. The van der Waals surface area contributed by atoms with Crippen LogP contribution in [-0.4, -0.2) is 36.1 Å². The number of hydrogen-bond donors (Lipinski definition) is 1. The Morgan fingerprint density at radius 3 is 2.20 bits per heavy atom. The molecular formula is C13H16N2O5. The predicted octanol–water partition coefficient (Wildman–Crippen LogP) is 1.20. The molecule has 0 aliphatic heterocycles. The lowest BCUT2D eigenvalue weighted by Gasteiger charge is -2.08. The quantitative estimate of drug-likeness (QED) is 0.815. The Hall–Kier alpha value is -2.28. The zero-order chi connectivity index (χ0) is 14.4. The van der Waals surface area contributed by atoms with E-state index in [1.54, 1.807) is 32.4 Å². The summed E-state index contributed by atoms with van der Waals surface area (Å²) in [5.41, 5.74) is 0. The van der Waals surface area contributed by atoms with E-state index in [0.717, 1.165) is 0 Å². The molecule has 1 N–H and O–H groups in total. The lowest BCUT2D eigenvalue weighted by Crippen LogP contribution is -1.97. The average Bonchev–Trinajstić information content (AvgIpc) is 2.93. The molecule has 0 spiro atoms. The van der Waals surface area contributed by atoms with E-state index in [4.69, 9.17) is 23.7 Å². The van der Waals surface area contributed by atoms with Gasteiger partial charge in [-0.1, -0.05) is 0 Å². The predicted molar refractivity (Wildman–Crippen MR) is 69.0 cm³/mol. The highest BCUT2D eigenvalue weighted by Gasteiger charge is 2.08. The summed E-state index contributed by atoms with van der Waals surface area (Å²) >= 11 is 0. The largest absolute Gasteiger partial charge is 0.496 e. The van der Waals surface area contributed by atoms with Crippen LogP contribution >= 0.6 is 0 Å². The van der Waals surface area contributed by atoms with Gasteiger partial charge in [0, 0.05) is 24.6 Å². The van der Waals surface area contributed by atoms with Crippen LogP contribution in [0.15, 0.2) is 22.6 Å². The molecule has 1 aromatic heterocycles. The first kappa shape index (κ1) is 14.1. The second-order valence-corrected chi connectivity index (χ2v) is 3.90. The molecule has 2 rings (SSSR count). The second kappa shape index (κ2) is 6.76. The van der Waals surface area contributed by atoms with Gasteiger partial charge in [0.1, 0.15) is 17.2 Å². The van der Waals surface area contributed by atoms with E-state index in [9.17, 15) is 0 Å². The minimum Gasteiger partial charge on any atom is -0.496 e. The summed E-state index contributed by atoms with van der Waals surface area (Å²) in [6.45, 7) is 0.102. The minimum absolute atomic E-state index is 0.0322. The van der Waals surface area contributed by atoms with Crippen molar-refractivity contribution in [3.8, 4) is 17.2 Å². The summed E-state index contributed by atoms with van der Waals surface area (Å²) in [6, 6.07) is 5.21. The van der Waals surface area contributed by atoms with Crippen LogP contribution in [0, 0.1) is 0 Å².